The van der Waals surface area contributed by atoms with Gasteiger partial charge in [-0.2, -0.15) is 0 Å². The van der Waals surface area contributed by atoms with Gasteiger partial charge in [-0.15, -0.1) is 0 Å². The van der Waals surface area contributed by atoms with E-state index < -0.39 is 0 Å². The van der Waals surface area contributed by atoms with Gasteiger partial charge in [-0.05, 0) is 55.0 Å². The van der Waals surface area contributed by atoms with E-state index in [4.69, 9.17) is 4.99 Å². The minimum Gasteiger partial charge on any atom is -0.341 e. The van der Waals surface area contributed by atoms with Crippen LogP contribution in [0.5, 0.6) is 0 Å². The molecule has 0 aliphatic carbocycles. The Morgan fingerprint density at radius 2 is 1.78 bits per heavy atom. The Balaban J connectivity index is 0.980. The highest BCUT2D eigenvalue weighted by Crippen LogP contribution is 2.31. The molecular weight excluding hydrogens is 512 g/mol. The van der Waals surface area contributed by atoms with Gasteiger partial charge in [-0.3, -0.25) is 14.8 Å². The van der Waals surface area contributed by atoms with Crippen molar-refractivity contribution in [3.05, 3.63) is 90.5 Å². The predicted octanol–water partition coefficient (Wildman–Crippen LogP) is 4.77. The van der Waals surface area contributed by atoms with Gasteiger partial charge in [0.1, 0.15) is 5.82 Å². The largest absolute Gasteiger partial charge is 0.341 e. The molecule has 4 aromatic rings. The molecule has 0 radical (unpaired) electrons. The molecule has 0 saturated carbocycles. The Hall–Kier alpha value is -4.50. The first-order valence-electron chi connectivity index (χ1n) is 14.4. The summed E-state index contributed by atoms with van der Waals surface area (Å²) < 4.78 is 0. The highest BCUT2D eigenvalue weighted by molar-refractivity contribution is 6.03. The van der Waals surface area contributed by atoms with Gasteiger partial charge in [0, 0.05) is 60.8 Å². The maximum atomic E-state index is 13.1. The highest BCUT2D eigenvalue weighted by Gasteiger charge is 2.33. The lowest BCUT2D eigenvalue weighted by Crippen LogP contribution is -2.41. The summed E-state index contributed by atoms with van der Waals surface area (Å²) in [6, 6.07) is 12.5. The van der Waals surface area contributed by atoms with Crippen molar-refractivity contribution in [2.24, 2.45) is 4.99 Å². The number of aromatic amines is 1. The molecular formula is C32H32N8O. The molecule has 0 spiro atoms. The first-order valence-corrected chi connectivity index (χ1v) is 14.4. The maximum Gasteiger partial charge on any atom is 0.227 e. The van der Waals surface area contributed by atoms with E-state index in [0.29, 0.717) is 18.3 Å². The summed E-state index contributed by atoms with van der Waals surface area (Å²) in [7, 11) is 0. The second-order valence-electron chi connectivity index (χ2n) is 10.9. The Morgan fingerprint density at radius 3 is 2.56 bits per heavy atom. The van der Waals surface area contributed by atoms with Crippen LogP contribution in [0.25, 0.3) is 28.2 Å². The molecule has 1 amide bonds. The number of H-pyrrole nitrogens is 1. The Bertz CT molecular complexity index is 1580. The highest BCUT2D eigenvalue weighted by atomic mass is 16.2. The van der Waals surface area contributed by atoms with E-state index >= 15 is 0 Å². The van der Waals surface area contributed by atoms with Crippen LogP contribution in [0.15, 0.2) is 78.6 Å². The van der Waals surface area contributed by atoms with Gasteiger partial charge in [0.15, 0.2) is 5.82 Å². The lowest BCUT2D eigenvalue weighted by Gasteiger charge is -2.25. The summed E-state index contributed by atoms with van der Waals surface area (Å²) >= 11 is 0. The Morgan fingerprint density at radius 1 is 0.927 bits per heavy atom. The van der Waals surface area contributed by atoms with E-state index in [1.807, 2.05) is 41.8 Å². The van der Waals surface area contributed by atoms with E-state index in [1.165, 1.54) is 12.0 Å². The number of carbonyl (C=O) groups excluding carboxylic acids is 1. The summed E-state index contributed by atoms with van der Waals surface area (Å²) in [5.74, 6) is 1.80. The number of nitrogens with one attached hydrogen (secondary N) is 2. The first-order chi connectivity index (χ1) is 20.2. The van der Waals surface area contributed by atoms with Crippen LogP contribution in [0.4, 0.5) is 0 Å². The molecule has 2 saturated heterocycles. The third kappa shape index (κ3) is 5.32. The van der Waals surface area contributed by atoms with Crippen molar-refractivity contribution >= 4 is 17.2 Å². The van der Waals surface area contributed by atoms with Crippen LogP contribution in [-0.2, 0) is 11.2 Å². The molecule has 2 N–H and O–H groups in total. The minimum absolute atomic E-state index is 0.0690. The minimum atomic E-state index is 0.0690. The lowest BCUT2D eigenvalue weighted by atomic mass is 9.97. The molecule has 3 aliphatic rings. The summed E-state index contributed by atoms with van der Waals surface area (Å²) in [6.45, 7) is 1.82. The molecule has 2 atom stereocenters. The predicted molar refractivity (Wildman–Crippen MR) is 158 cm³/mol. The molecule has 9 heteroatoms. The summed E-state index contributed by atoms with van der Waals surface area (Å²) in [6.07, 6.45) is 16.4. The molecule has 41 heavy (non-hydrogen) atoms. The van der Waals surface area contributed by atoms with Crippen LogP contribution < -0.4 is 5.32 Å². The number of hydrogen-bond donors (Lipinski definition) is 2. The molecule has 1 aromatic carbocycles. The topological polar surface area (TPSA) is 112 Å². The number of imidazole rings is 1. The maximum absolute atomic E-state index is 13.1. The number of hydrogen-bond acceptors (Lipinski definition) is 7. The molecule has 2 fully saturated rings. The molecule has 0 bridgehead atoms. The third-order valence-corrected chi connectivity index (χ3v) is 8.26. The van der Waals surface area contributed by atoms with Crippen molar-refractivity contribution in [3.63, 3.8) is 0 Å². The SMILES string of the molecule is O=C(Cc1cccnc1)N1CCC[C@H]1C1=NC=C(c2ccc(-c3ncc(-c4cnc([C@@H]5CCCN5)[nH]4)cn3)cc2)C1. The molecule has 7 rings (SSSR count). The fourth-order valence-electron chi connectivity index (χ4n) is 6.05. The van der Waals surface area contributed by atoms with Gasteiger partial charge in [0.25, 0.3) is 0 Å². The van der Waals surface area contributed by atoms with Crippen LogP contribution in [0.3, 0.4) is 0 Å². The van der Waals surface area contributed by atoms with Crippen molar-refractivity contribution in [1.82, 2.24) is 35.1 Å². The molecule has 9 nitrogen and oxygen atoms in total. The van der Waals surface area contributed by atoms with Crippen molar-refractivity contribution in [1.29, 1.82) is 0 Å². The molecule has 3 aromatic heterocycles. The van der Waals surface area contributed by atoms with Crippen LogP contribution >= 0.6 is 0 Å². The second-order valence-corrected chi connectivity index (χ2v) is 10.9. The van der Waals surface area contributed by atoms with Crippen molar-refractivity contribution in [2.45, 2.75) is 50.6 Å². The number of rotatable bonds is 7. The molecule has 6 heterocycles. The van der Waals surface area contributed by atoms with Crippen molar-refractivity contribution in [3.8, 4) is 22.6 Å². The van der Waals surface area contributed by atoms with Crippen molar-refractivity contribution in [2.75, 3.05) is 13.1 Å². The van der Waals surface area contributed by atoms with E-state index in [1.54, 1.807) is 12.4 Å². The summed E-state index contributed by atoms with van der Waals surface area (Å²) in [5, 5.41) is 3.47. The van der Waals surface area contributed by atoms with Gasteiger partial charge in [-0.1, -0.05) is 30.3 Å². The van der Waals surface area contributed by atoms with Gasteiger partial charge in [0.05, 0.1) is 30.4 Å². The van der Waals surface area contributed by atoms with Gasteiger partial charge >= 0.3 is 0 Å². The quantitative estimate of drug-likeness (QED) is 0.347. The number of aliphatic imine (C=N–C) groups is 1. The second kappa shape index (κ2) is 11.2. The zero-order valence-electron chi connectivity index (χ0n) is 22.8. The molecule has 3 aliphatic heterocycles. The van der Waals surface area contributed by atoms with E-state index in [-0.39, 0.29) is 11.9 Å². The first kappa shape index (κ1) is 25.5. The molecule has 206 valence electrons. The number of nitrogens with zero attached hydrogens (tertiary/aromatic N) is 6. The average Bonchev–Trinajstić information content (AvgIpc) is 3.84. The smallest absolute Gasteiger partial charge is 0.227 e. The summed E-state index contributed by atoms with van der Waals surface area (Å²) in [4.78, 5) is 41.2. The number of amides is 1. The van der Waals surface area contributed by atoms with Crippen LogP contribution in [0, 0.1) is 0 Å². The van der Waals surface area contributed by atoms with Gasteiger partial charge < -0.3 is 15.2 Å². The van der Waals surface area contributed by atoms with Crippen molar-refractivity contribution < 1.29 is 4.79 Å². The average molecular weight is 545 g/mol. The zero-order valence-corrected chi connectivity index (χ0v) is 22.8. The number of pyridine rings is 1. The number of carbonyl (C=O) groups is 1. The third-order valence-electron chi connectivity index (χ3n) is 8.26. The zero-order chi connectivity index (χ0) is 27.6. The van der Waals surface area contributed by atoms with E-state index in [2.05, 4.69) is 54.5 Å². The monoisotopic (exact) mass is 544 g/mol. The molecule has 0 unspecified atom stereocenters. The van der Waals surface area contributed by atoms with Crippen LogP contribution in [0.2, 0.25) is 0 Å². The fourth-order valence-corrected chi connectivity index (χ4v) is 6.05. The van der Waals surface area contributed by atoms with E-state index in [0.717, 1.165) is 78.3 Å². The van der Waals surface area contributed by atoms with E-state index in [9.17, 15) is 4.79 Å². The Labute approximate surface area is 238 Å². The number of allylic oxidation sites excluding steroid dienone is 1. The van der Waals surface area contributed by atoms with Gasteiger partial charge in [-0.25, -0.2) is 15.0 Å². The van der Waals surface area contributed by atoms with Crippen LogP contribution in [-0.4, -0.2) is 60.6 Å². The van der Waals surface area contributed by atoms with Gasteiger partial charge in [0.2, 0.25) is 5.91 Å². The normalized spacial score (nSPS) is 20.3. The fraction of sp³-hybridized carbons (Fsp3) is 0.312. The van der Waals surface area contributed by atoms with Crippen LogP contribution in [0.1, 0.15) is 55.1 Å². The lowest BCUT2D eigenvalue weighted by molar-refractivity contribution is -0.130. The number of likely N-dealkylation sites (tertiary alicyclic amines) is 1. The summed E-state index contributed by atoms with van der Waals surface area (Å²) in [5.41, 5.74) is 7.12. The Kier molecular flexibility index (Phi) is 6.94. The number of benzene rings is 1. The number of aromatic nitrogens is 5. The standard InChI is InChI=1S/C32H32N8O/c41-30(14-21-4-1-11-33-16-21)40-13-3-6-29(40)27-15-24(17-35-27)22-7-9-23(10-8-22)31-36-18-25(19-37-31)28-20-38-32(39-28)26-5-2-12-34-26/h1,4,7-11,16-20,26,29,34H,2-3,5-6,12-15H2,(H,38,39)/t26-,29-/m0/s1.